The van der Waals surface area contributed by atoms with Gasteiger partial charge < -0.3 is 4.84 Å². The quantitative estimate of drug-likeness (QED) is 0.216. The summed E-state index contributed by atoms with van der Waals surface area (Å²) in [4.78, 5) is 32.6. The third-order valence-corrected chi connectivity index (χ3v) is 5.79. The van der Waals surface area contributed by atoms with Crippen LogP contribution in [0.5, 0.6) is 0 Å². The molecular formula is C30H27NO3. The van der Waals surface area contributed by atoms with E-state index in [0.29, 0.717) is 17.7 Å². The molecule has 0 aliphatic rings. The first-order valence-corrected chi connectivity index (χ1v) is 11.4. The topological polar surface area (TPSA) is 46.6 Å². The van der Waals surface area contributed by atoms with Gasteiger partial charge in [0.1, 0.15) is 0 Å². The Bertz CT molecular complexity index is 1200. The summed E-state index contributed by atoms with van der Waals surface area (Å²) in [5, 5.41) is 1.64. The lowest BCUT2D eigenvalue weighted by atomic mass is 9.87. The van der Waals surface area contributed by atoms with Crippen molar-refractivity contribution in [3.63, 3.8) is 0 Å². The van der Waals surface area contributed by atoms with E-state index in [1.807, 2.05) is 104 Å². The van der Waals surface area contributed by atoms with Crippen molar-refractivity contribution in [2.45, 2.75) is 19.5 Å². The fourth-order valence-corrected chi connectivity index (χ4v) is 4.05. The molecule has 4 rings (SSSR count). The molecular weight excluding hydrogens is 422 g/mol. The van der Waals surface area contributed by atoms with E-state index in [4.69, 9.17) is 4.84 Å². The number of hydrogen-bond donors (Lipinski definition) is 0. The predicted molar refractivity (Wildman–Crippen MR) is 133 cm³/mol. The van der Waals surface area contributed by atoms with Crippen LogP contribution >= 0.6 is 0 Å². The Balaban J connectivity index is 1.73. The van der Waals surface area contributed by atoms with Crippen LogP contribution in [0.1, 0.15) is 44.8 Å². The van der Waals surface area contributed by atoms with Crippen LogP contribution in [-0.2, 0) is 11.4 Å². The van der Waals surface area contributed by atoms with Gasteiger partial charge in [0.05, 0.1) is 18.2 Å². The molecule has 0 heterocycles. The maximum atomic E-state index is 13.5. The zero-order valence-electron chi connectivity index (χ0n) is 19.1. The molecule has 0 aliphatic carbocycles. The average Bonchev–Trinajstić information content (AvgIpc) is 2.90. The second kappa shape index (κ2) is 11.2. The van der Waals surface area contributed by atoms with Crippen molar-refractivity contribution in [3.8, 4) is 0 Å². The molecule has 2 unspecified atom stereocenters. The van der Waals surface area contributed by atoms with E-state index in [1.165, 1.54) is 0 Å². The third kappa shape index (κ3) is 5.66. The third-order valence-electron chi connectivity index (χ3n) is 5.79. The monoisotopic (exact) mass is 449 g/mol. The smallest absolute Gasteiger partial charge is 0.357 e. The number of ketones is 1. The minimum Gasteiger partial charge on any atom is -0.363 e. The van der Waals surface area contributed by atoms with Crippen molar-refractivity contribution < 1.29 is 14.4 Å². The summed E-state index contributed by atoms with van der Waals surface area (Å²) in [6.07, 6.45) is 0. The van der Waals surface area contributed by atoms with Crippen LogP contribution in [0.15, 0.2) is 121 Å². The van der Waals surface area contributed by atoms with E-state index in [0.717, 1.165) is 11.1 Å². The molecule has 0 spiro atoms. The lowest BCUT2D eigenvalue weighted by Crippen LogP contribution is -2.37. The molecule has 0 bridgehead atoms. The zero-order chi connectivity index (χ0) is 23.8. The highest BCUT2D eigenvalue weighted by atomic mass is 16.7. The summed E-state index contributed by atoms with van der Waals surface area (Å²) in [6, 6.07) is 37.2. The Morgan fingerprint density at radius 1 is 0.676 bits per heavy atom. The number of nitrogens with zero attached hydrogens (tertiary/aromatic N) is 1. The van der Waals surface area contributed by atoms with Gasteiger partial charge in [0, 0.05) is 11.5 Å². The molecule has 4 aromatic carbocycles. The van der Waals surface area contributed by atoms with Crippen LogP contribution < -0.4 is 0 Å². The number of carbonyl (C=O) groups is 2. The maximum Gasteiger partial charge on any atom is 0.357 e. The standard InChI is InChI=1S/C30H27NO3/c1-23(29(32)26-18-10-4-11-19-26)28(25-16-8-3-9-17-25)31(22-24-14-6-2-7-15-24)34-30(33)27-20-12-5-13-21-27/h2-21,23,28H,22H2,1H3. The SMILES string of the molecule is CC(C(=O)c1ccccc1)C(c1ccccc1)N(Cc1ccccc1)OC(=O)c1ccccc1. The Morgan fingerprint density at radius 2 is 1.15 bits per heavy atom. The molecule has 0 saturated heterocycles. The van der Waals surface area contributed by atoms with Crippen LogP contribution in [0.2, 0.25) is 0 Å². The second-order valence-electron chi connectivity index (χ2n) is 8.18. The van der Waals surface area contributed by atoms with E-state index in [1.54, 1.807) is 29.3 Å². The molecule has 0 radical (unpaired) electrons. The molecule has 34 heavy (non-hydrogen) atoms. The summed E-state index contributed by atoms with van der Waals surface area (Å²) in [6.45, 7) is 2.23. The van der Waals surface area contributed by atoms with Gasteiger partial charge in [-0.1, -0.05) is 116 Å². The first-order chi connectivity index (χ1) is 16.6. The normalized spacial score (nSPS) is 12.6. The summed E-state index contributed by atoms with van der Waals surface area (Å²) in [5.41, 5.74) is 2.96. The molecule has 4 aromatic rings. The van der Waals surface area contributed by atoms with Crippen LogP contribution in [0.3, 0.4) is 0 Å². The number of carbonyl (C=O) groups excluding carboxylic acids is 2. The van der Waals surface area contributed by atoms with E-state index < -0.39 is 17.9 Å². The van der Waals surface area contributed by atoms with Crippen LogP contribution in [0, 0.1) is 5.92 Å². The van der Waals surface area contributed by atoms with Gasteiger partial charge >= 0.3 is 5.97 Å². The number of Topliss-reactive ketones (excluding diaryl/α,β-unsaturated/α-hetero) is 1. The van der Waals surface area contributed by atoms with E-state index in [2.05, 4.69) is 0 Å². The second-order valence-corrected chi connectivity index (χ2v) is 8.18. The van der Waals surface area contributed by atoms with E-state index in [9.17, 15) is 9.59 Å². The first kappa shape index (κ1) is 23.1. The Morgan fingerprint density at radius 3 is 1.71 bits per heavy atom. The Hall–Kier alpha value is -4.02. The van der Waals surface area contributed by atoms with Crippen molar-refractivity contribution >= 4 is 11.8 Å². The van der Waals surface area contributed by atoms with Gasteiger partial charge in [-0.15, -0.1) is 5.06 Å². The molecule has 0 saturated carbocycles. The highest BCUT2D eigenvalue weighted by molar-refractivity contribution is 5.98. The largest absolute Gasteiger partial charge is 0.363 e. The number of hydrogen-bond acceptors (Lipinski definition) is 4. The van der Waals surface area contributed by atoms with Gasteiger partial charge in [-0.25, -0.2) is 4.79 Å². The highest BCUT2D eigenvalue weighted by Crippen LogP contribution is 2.33. The number of benzene rings is 4. The molecule has 0 aliphatic heterocycles. The lowest BCUT2D eigenvalue weighted by molar-refractivity contribution is -0.155. The summed E-state index contributed by atoms with van der Waals surface area (Å²) in [5.74, 6) is -0.947. The fourth-order valence-electron chi connectivity index (χ4n) is 4.05. The van der Waals surface area contributed by atoms with Gasteiger partial charge in [0.25, 0.3) is 0 Å². The van der Waals surface area contributed by atoms with E-state index >= 15 is 0 Å². The summed E-state index contributed by atoms with van der Waals surface area (Å²) in [7, 11) is 0. The van der Waals surface area contributed by atoms with Crippen LogP contribution in [0.4, 0.5) is 0 Å². The molecule has 0 N–H and O–H groups in total. The molecule has 4 nitrogen and oxygen atoms in total. The van der Waals surface area contributed by atoms with Crippen molar-refractivity contribution in [3.05, 3.63) is 144 Å². The lowest BCUT2D eigenvalue weighted by Gasteiger charge is -2.34. The molecule has 0 amide bonds. The number of hydroxylamine groups is 2. The molecule has 0 fully saturated rings. The summed E-state index contributed by atoms with van der Waals surface area (Å²) < 4.78 is 0. The number of rotatable bonds is 9. The first-order valence-electron chi connectivity index (χ1n) is 11.4. The Kier molecular flexibility index (Phi) is 7.63. The van der Waals surface area contributed by atoms with Crippen LogP contribution in [0.25, 0.3) is 0 Å². The Labute approximate surface area is 200 Å². The highest BCUT2D eigenvalue weighted by Gasteiger charge is 2.34. The van der Waals surface area contributed by atoms with Crippen molar-refractivity contribution in [1.82, 2.24) is 5.06 Å². The molecule has 170 valence electrons. The van der Waals surface area contributed by atoms with Gasteiger partial charge in [0.15, 0.2) is 5.78 Å². The van der Waals surface area contributed by atoms with Gasteiger partial charge in [-0.2, -0.15) is 0 Å². The van der Waals surface area contributed by atoms with E-state index in [-0.39, 0.29) is 5.78 Å². The van der Waals surface area contributed by atoms with Crippen molar-refractivity contribution in [2.24, 2.45) is 5.92 Å². The van der Waals surface area contributed by atoms with Crippen LogP contribution in [-0.4, -0.2) is 16.8 Å². The van der Waals surface area contributed by atoms with Gasteiger partial charge in [0.2, 0.25) is 0 Å². The fraction of sp³-hybridized carbons (Fsp3) is 0.133. The minimum atomic E-state index is -0.484. The molecule has 4 heteroatoms. The van der Waals surface area contributed by atoms with Crippen molar-refractivity contribution in [2.75, 3.05) is 0 Å². The predicted octanol–water partition coefficient (Wildman–Crippen LogP) is 6.52. The van der Waals surface area contributed by atoms with Gasteiger partial charge in [-0.05, 0) is 23.3 Å². The summed E-state index contributed by atoms with van der Waals surface area (Å²) >= 11 is 0. The zero-order valence-corrected chi connectivity index (χ0v) is 19.1. The minimum absolute atomic E-state index is 0.0109. The molecule has 0 aromatic heterocycles. The maximum absolute atomic E-state index is 13.5. The molecule has 2 atom stereocenters. The van der Waals surface area contributed by atoms with Crippen molar-refractivity contribution in [1.29, 1.82) is 0 Å². The van der Waals surface area contributed by atoms with Gasteiger partial charge in [-0.3, -0.25) is 4.79 Å². The average molecular weight is 450 g/mol.